The topological polar surface area (TPSA) is 43.8 Å². The molecule has 2 N–H and O–H groups in total. The zero-order valence-electron chi connectivity index (χ0n) is 12.0. The fourth-order valence-electron chi connectivity index (χ4n) is 2.26. The summed E-state index contributed by atoms with van der Waals surface area (Å²) in [6.07, 6.45) is 1.80. The lowest BCUT2D eigenvalue weighted by Crippen LogP contribution is -1.95. The van der Waals surface area contributed by atoms with Crippen LogP contribution in [0, 0.1) is 13.8 Å². The predicted molar refractivity (Wildman–Crippen MR) is 87.9 cm³/mol. The maximum absolute atomic E-state index is 6.21. The van der Waals surface area contributed by atoms with Crippen LogP contribution in [0.2, 0.25) is 5.02 Å². The lowest BCUT2D eigenvalue weighted by atomic mass is 10.0. The van der Waals surface area contributed by atoms with Crippen LogP contribution in [0.5, 0.6) is 0 Å². The fraction of sp³-hybridized carbons (Fsp3) is 0.118. The van der Waals surface area contributed by atoms with E-state index in [0.717, 1.165) is 16.9 Å². The first-order valence-electron chi connectivity index (χ1n) is 6.74. The van der Waals surface area contributed by atoms with Crippen LogP contribution < -0.4 is 5.73 Å². The minimum atomic E-state index is 0.637. The van der Waals surface area contributed by atoms with E-state index >= 15 is 0 Å². The Morgan fingerprint density at radius 3 is 2.52 bits per heavy atom. The molecule has 106 valence electrons. The summed E-state index contributed by atoms with van der Waals surface area (Å²) in [5.41, 5.74) is 11.8. The van der Waals surface area contributed by atoms with Gasteiger partial charge in [0.05, 0.1) is 22.6 Å². The number of hydrogen-bond donors (Lipinski definition) is 1. The SMILES string of the molecule is Cc1ccc(-c2nn(-c3ccccc3Cl)cc2N)cc1C. The molecule has 3 nitrogen and oxygen atoms in total. The van der Waals surface area contributed by atoms with E-state index in [0.29, 0.717) is 10.7 Å². The average Bonchev–Trinajstić information content (AvgIpc) is 2.84. The van der Waals surface area contributed by atoms with Crippen LogP contribution in [0.4, 0.5) is 5.69 Å². The van der Waals surface area contributed by atoms with E-state index in [9.17, 15) is 0 Å². The lowest BCUT2D eigenvalue weighted by Gasteiger charge is -2.04. The molecule has 0 radical (unpaired) electrons. The van der Waals surface area contributed by atoms with Gasteiger partial charge in [0.2, 0.25) is 0 Å². The molecule has 21 heavy (non-hydrogen) atoms. The van der Waals surface area contributed by atoms with Crippen molar-refractivity contribution in [3.63, 3.8) is 0 Å². The van der Waals surface area contributed by atoms with Crippen LogP contribution in [0.15, 0.2) is 48.7 Å². The first-order valence-corrected chi connectivity index (χ1v) is 7.12. The number of anilines is 1. The molecular weight excluding hydrogens is 282 g/mol. The summed E-state index contributed by atoms with van der Waals surface area (Å²) in [5, 5.41) is 5.23. The zero-order valence-corrected chi connectivity index (χ0v) is 12.7. The monoisotopic (exact) mass is 297 g/mol. The summed E-state index contributed by atoms with van der Waals surface area (Å²) in [6, 6.07) is 13.8. The summed E-state index contributed by atoms with van der Waals surface area (Å²) in [4.78, 5) is 0. The molecule has 0 saturated heterocycles. The van der Waals surface area contributed by atoms with E-state index in [4.69, 9.17) is 17.3 Å². The van der Waals surface area contributed by atoms with Crippen molar-refractivity contribution in [2.75, 3.05) is 5.73 Å². The minimum Gasteiger partial charge on any atom is -0.396 e. The number of rotatable bonds is 2. The average molecular weight is 298 g/mol. The molecule has 0 spiro atoms. The maximum Gasteiger partial charge on any atom is 0.116 e. The number of halogens is 1. The number of nitrogens with two attached hydrogens (primary N) is 1. The summed E-state index contributed by atoms with van der Waals surface area (Å²) in [5.74, 6) is 0. The van der Waals surface area contributed by atoms with E-state index in [1.54, 1.807) is 10.9 Å². The van der Waals surface area contributed by atoms with Gasteiger partial charge in [-0.25, -0.2) is 4.68 Å². The van der Waals surface area contributed by atoms with Gasteiger partial charge in [-0.15, -0.1) is 0 Å². The number of hydrogen-bond acceptors (Lipinski definition) is 2. The van der Waals surface area contributed by atoms with Gasteiger partial charge in [-0.3, -0.25) is 0 Å². The molecule has 0 saturated carbocycles. The number of para-hydroxylation sites is 1. The van der Waals surface area contributed by atoms with Gasteiger partial charge in [-0.1, -0.05) is 35.9 Å². The third-order valence-electron chi connectivity index (χ3n) is 3.62. The number of nitrogens with zero attached hydrogens (tertiary/aromatic N) is 2. The molecule has 3 aromatic rings. The lowest BCUT2D eigenvalue weighted by molar-refractivity contribution is 0.884. The van der Waals surface area contributed by atoms with Gasteiger partial charge in [0.25, 0.3) is 0 Å². The van der Waals surface area contributed by atoms with Crippen LogP contribution in [-0.4, -0.2) is 9.78 Å². The third kappa shape index (κ3) is 2.52. The van der Waals surface area contributed by atoms with Crippen molar-refractivity contribution in [2.45, 2.75) is 13.8 Å². The van der Waals surface area contributed by atoms with Crippen molar-refractivity contribution in [3.05, 3.63) is 64.8 Å². The van der Waals surface area contributed by atoms with Gasteiger partial charge in [-0.05, 0) is 43.2 Å². The van der Waals surface area contributed by atoms with Gasteiger partial charge in [0.15, 0.2) is 0 Å². The molecule has 2 aromatic carbocycles. The molecule has 0 fully saturated rings. The van der Waals surface area contributed by atoms with Crippen molar-refractivity contribution in [1.29, 1.82) is 0 Å². The molecule has 0 unspecified atom stereocenters. The molecule has 0 aliphatic carbocycles. The van der Waals surface area contributed by atoms with Crippen molar-refractivity contribution in [2.24, 2.45) is 0 Å². The first kappa shape index (κ1) is 13.7. The maximum atomic E-state index is 6.21. The summed E-state index contributed by atoms with van der Waals surface area (Å²) in [6.45, 7) is 4.17. The van der Waals surface area contributed by atoms with Crippen LogP contribution in [0.3, 0.4) is 0 Å². The number of benzene rings is 2. The Balaban J connectivity index is 2.10. The van der Waals surface area contributed by atoms with Crippen LogP contribution in [0.1, 0.15) is 11.1 Å². The smallest absolute Gasteiger partial charge is 0.116 e. The molecule has 4 heteroatoms. The Morgan fingerprint density at radius 1 is 1.05 bits per heavy atom. The highest BCUT2D eigenvalue weighted by Gasteiger charge is 2.11. The molecule has 0 atom stereocenters. The van der Waals surface area contributed by atoms with Crippen LogP contribution in [0.25, 0.3) is 16.9 Å². The van der Waals surface area contributed by atoms with Crippen molar-refractivity contribution >= 4 is 17.3 Å². The quantitative estimate of drug-likeness (QED) is 0.762. The second kappa shape index (κ2) is 5.26. The van der Waals surface area contributed by atoms with Gasteiger partial charge >= 0.3 is 0 Å². The summed E-state index contributed by atoms with van der Waals surface area (Å²) in [7, 11) is 0. The summed E-state index contributed by atoms with van der Waals surface area (Å²) < 4.78 is 1.72. The minimum absolute atomic E-state index is 0.637. The van der Waals surface area contributed by atoms with E-state index < -0.39 is 0 Å². The van der Waals surface area contributed by atoms with E-state index in [-0.39, 0.29) is 0 Å². The Kier molecular flexibility index (Phi) is 3.43. The molecular formula is C17H16ClN3. The van der Waals surface area contributed by atoms with Crippen LogP contribution >= 0.6 is 11.6 Å². The highest BCUT2D eigenvalue weighted by atomic mass is 35.5. The second-order valence-corrected chi connectivity index (χ2v) is 5.54. The Morgan fingerprint density at radius 2 is 1.81 bits per heavy atom. The van der Waals surface area contributed by atoms with E-state index in [2.05, 4.69) is 31.1 Å². The molecule has 0 bridgehead atoms. The zero-order chi connectivity index (χ0) is 15.0. The van der Waals surface area contributed by atoms with Gasteiger partial charge in [-0.2, -0.15) is 5.10 Å². The van der Waals surface area contributed by atoms with E-state index in [1.165, 1.54) is 11.1 Å². The number of aryl methyl sites for hydroxylation is 2. The molecule has 1 aromatic heterocycles. The molecule has 0 aliphatic heterocycles. The van der Waals surface area contributed by atoms with Crippen molar-refractivity contribution in [1.82, 2.24) is 9.78 Å². The standard InChI is InChI=1S/C17H16ClN3/c1-11-7-8-13(9-12(11)2)17-15(19)10-21(20-17)16-6-4-3-5-14(16)18/h3-10H,19H2,1-2H3. The molecule has 3 rings (SSSR count). The third-order valence-corrected chi connectivity index (χ3v) is 3.94. The highest BCUT2D eigenvalue weighted by molar-refractivity contribution is 6.32. The normalized spacial score (nSPS) is 10.8. The van der Waals surface area contributed by atoms with Gasteiger partial charge < -0.3 is 5.73 Å². The number of aromatic nitrogens is 2. The molecule has 0 aliphatic rings. The van der Waals surface area contributed by atoms with Crippen molar-refractivity contribution in [3.8, 4) is 16.9 Å². The second-order valence-electron chi connectivity index (χ2n) is 5.13. The molecule has 0 amide bonds. The van der Waals surface area contributed by atoms with E-state index in [1.807, 2.05) is 30.3 Å². The van der Waals surface area contributed by atoms with Crippen LogP contribution in [-0.2, 0) is 0 Å². The highest BCUT2D eigenvalue weighted by Crippen LogP contribution is 2.28. The van der Waals surface area contributed by atoms with Crippen molar-refractivity contribution < 1.29 is 0 Å². The predicted octanol–water partition coefficient (Wildman–Crippen LogP) is 4.39. The number of nitrogen functional groups attached to an aromatic ring is 1. The molecule has 1 heterocycles. The fourth-order valence-corrected chi connectivity index (χ4v) is 2.48. The Labute approximate surface area is 129 Å². The van der Waals surface area contributed by atoms with Gasteiger partial charge in [0, 0.05) is 5.56 Å². The summed E-state index contributed by atoms with van der Waals surface area (Å²) >= 11 is 6.21. The largest absolute Gasteiger partial charge is 0.396 e. The Bertz CT molecular complexity index is 806. The van der Waals surface area contributed by atoms with Gasteiger partial charge in [0.1, 0.15) is 5.69 Å². The first-order chi connectivity index (χ1) is 10.1. The Hall–Kier alpha value is -2.26.